The van der Waals surface area contributed by atoms with Crippen LogP contribution in [0.15, 0.2) is 0 Å². The quantitative estimate of drug-likeness (QED) is 0.584. The van der Waals surface area contributed by atoms with Gasteiger partial charge in [-0.15, -0.1) is 23.2 Å². The summed E-state index contributed by atoms with van der Waals surface area (Å²) < 4.78 is 0. The summed E-state index contributed by atoms with van der Waals surface area (Å²) in [6, 6.07) is 0. The molecular weight excluding hydrogens is 179 g/mol. The Labute approximate surface area is 79.3 Å². The van der Waals surface area contributed by atoms with Crippen molar-refractivity contribution < 1.29 is 0 Å². The van der Waals surface area contributed by atoms with Crippen molar-refractivity contribution in [3.63, 3.8) is 0 Å². The summed E-state index contributed by atoms with van der Waals surface area (Å²) >= 11 is 11.7. The van der Waals surface area contributed by atoms with Crippen molar-refractivity contribution in [2.75, 3.05) is 0 Å². The summed E-state index contributed by atoms with van der Waals surface area (Å²) in [5.41, 5.74) is 0. The average molecular weight is 195 g/mol. The first-order valence-corrected chi connectivity index (χ1v) is 5.37. The maximum absolute atomic E-state index is 5.83. The summed E-state index contributed by atoms with van der Waals surface area (Å²) in [6.45, 7) is 2.17. The third-order valence-corrected chi connectivity index (χ3v) is 3.59. The normalized spacial score (nSPS) is 24.0. The van der Waals surface area contributed by atoms with Crippen LogP contribution in [-0.2, 0) is 0 Å². The van der Waals surface area contributed by atoms with Crippen LogP contribution in [0.5, 0.6) is 0 Å². The monoisotopic (exact) mass is 194 g/mol. The third-order valence-electron chi connectivity index (χ3n) is 2.79. The van der Waals surface area contributed by atoms with Crippen molar-refractivity contribution >= 4 is 23.2 Å². The molecule has 1 rings (SSSR count). The van der Waals surface area contributed by atoms with E-state index in [1.54, 1.807) is 0 Å². The van der Waals surface area contributed by atoms with Gasteiger partial charge in [0.05, 0.1) is 0 Å². The molecule has 0 spiro atoms. The maximum Gasteiger partial charge on any atom is 0.110 e. The summed E-state index contributed by atoms with van der Waals surface area (Å²) in [5, 5.41) is 0. The molecular formula is C9H16Cl2. The molecule has 11 heavy (non-hydrogen) atoms. The molecule has 0 aromatic heterocycles. The fourth-order valence-corrected chi connectivity index (χ4v) is 2.28. The minimum absolute atomic E-state index is 0.168. The topological polar surface area (TPSA) is 0 Å². The highest BCUT2D eigenvalue weighted by molar-refractivity contribution is 6.44. The molecule has 1 fully saturated rings. The van der Waals surface area contributed by atoms with Crippen LogP contribution in [0.3, 0.4) is 0 Å². The van der Waals surface area contributed by atoms with E-state index in [-0.39, 0.29) is 4.84 Å². The molecule has 0 amide bonds. The Morgan fingerprint density at radius 2 is 1.64 bits per heavy atom. The molecule has 0 radical (unpaired) electrons. The molecule has 2 heteroatoms. The van der Waals surface area contributed by atoms with Crippen molar-refractivity contribution in [1.82, 2.24) is 0 Å². The van der Waals surface area contributed by atoms with E-state index >= 15 is 0 Å². The molecule has 0 N–H and O–H groups in total. The van der Waals surface area contributed by atoms with Crippen LogP contribution in [0, 0.1) is 11.8 Å². The fraction of sp³-hybridized carbons (Fsp3) is 1.00. The highest BCUT2D eigenvalue weighted by atomic mass is 35.5. The van der Waals surface area contributed by atoms with Crippen molar-refractivity contribution in [3.05, 3.63) is 0 Å². The van der Waals surface area contributed by atoms with Gasteiger partial charge in [0.15, 0.2) is 0 Å². The minimum atomic E-state index is -0.168. The molecule has 0 aliphatic heterocycles. The lowest BCUT2D eigenvalue weighted by atomic mass is 9.82. The van der Waals surface area contributed by atoms with Crippen LogP contribution in [0.25, 0.3) is 0 Å². The molecule has 1 atom stereocenters. The van der Waals surface area contributed by atoms with Gasteiger partial charge < -0.3 is 0 Å². The van der Waals surface area contributed by atoms with Gasteiger partial charge in [-0.05, 0) is 11.8 Å². The van der Waals surface area contributed by atoms with Crippen LogP contribution in [0.2, 0.25) is 0 Å². The van der Waals surface area contributed by atoms with E-state index in [1.807, 2.05) is 0 Å². The number of halogens is 2. The Balaban J connectivity index is 2.32. The first kappa shape index (κ1) is 9.67. The van der Waals surface area contributed by atoms with Gasteiger partial charge in [0.25, 0.3) is 0 Å². The van der Waals surface area contributed by atoms with Gasteiger partial charge in [-0.1, -0.05) is 39.0 Å². The van der Waals surface area contributed by atoms with Crippen LogP contribution in [-0.4, -0.2) is 4.84 Å². The van der Waals surface area contributed by atoms with Crippen LogP contribution >= 0.6 is 23.2 Å². The minimum Gasteiger partial charge on any atom is -0.105 e. The first-order valence-electron chi connectivity index (χ1n) is 4.50. The van der Waals surface area contributed by atoms with Crippen LogP contribution in [0.1, 0.15) is 39.0 Å². The summed E-state index contributed by atoms with van der Waals surface area (Å²) in [6.07, 6.45) is 6.80. The zero-order valence-electron chi connectivity index (χ0n) is 7.02. The number of hydrogen-bond acceptors (Lipinski definition) is 0. The third kappa shape index (κ3) is 2.83. The van der Waals surface area contributed by atoms with Crippen LogP contribution < -0.4 is 0 Å². The van der Waals surface area contributed by atoms with E-state index in [0.29, 0.717) is 5.92 Å². The summed E-state index contributed by atoms with van der Waals surface area (Å²) in [5.74, 6) is 1.27. The molecule has 0 aromatic rings. The Hall–Kier alpha value is 0.580. The van der Waals surface area contributed by atoms with Gasteiger partial charge in [-0.2, -0.15) is 0 Å². The molecule has 0 nitrogen and oxygen atoms in total. The second kappa shape index (κ2) is 4.57. The van der Waals surface area contributed by atoms with Crippen molar-refractivity contribution in [1.29, 1.82) is 0 Å². The fourth-order valence-electron chi connectivity index (χ4n) is 1.87. The highest BCUT2D eigenvalue weighted by Gasteiger charge is 2.24. The SMILES string of the molecule is CC(C(Cl)Cl)C1CCCCC1. The van der Waals surface area contributed by atoms with E-state index in [4.69, 9.17) is 23.2 Å². The van der Waals surface area contributed by atoms with Crippen molar-refractivity contribution in [2.24, 2.45) is 11.8 Å². The smallest absolute Gasteiger partial charge is 0.105 e. The predicted molar refractivity (Wildman–Crippen MR) is 51.2 cm³/mol. The Bertz CT molecular complexity index is 106. The molecule has 0 heterocycles. The van der Waals surface area contributed by atoms with E-state index < -0.39 is 0 Å². The Morgan fingerprint density at radius 1 is 1.09 bits per heavy atom. The highest BCUT2D eigenvalue weighted by Crippen LogP contribution is 2.34. The van der Waals surface area contributed by atoms with E-state index in [9.17, 15) is 0 Å². The van der Waals surface area contributed by atoms with Crippen molar-refractivity contribution in [2.45, 2.75) is 43.9 Å². The van der Waals surface area contributed by atoms with Gasteiger partial charge in [0.1, 0.15) is 4.84 Å². The lowest BCUT2D eigenvalue weighted by Crippen LogP contribution is -2.20. The Morgan fingerprint density at radius 3 is 2.09 bits per heavy atom. The van der Waals surface area contributed by atoms with Gasteiger partial charge in [-0.3, -0.25) is 0 Å². The standard InChI is InChI=1S/C9H16Cl2/c1-7(9(10)11)8-5-3-2-4-6-8/h7-9H,2-6H2,1H3. The number of hydrogen-bond donors (Lipinski definition) is 0. The molecule has 66 valence electrons. The molecule has 0 saturated heterocycles. The zero-order valence-corrected chi connectivity index (χ0v) is 8.54. The maximum atomic E-state index is 5.83. The summed E-state index contributed by atoms with van der Waals surface area (Å²) in [4.78, 5) is -0.168. The Kier molecular flexibility index (Phi) is 4.01. The number of alkyl halides is 2. The van der Waals surface area contributed by atoms with Crippen LogP contribution in [0.4, 0.5) is 0 Å². The van der Waals surface area contributed by atoms with E-state index in [2.05, 4.69) is 6.92 Å². The second-order valence-corrected chi connectivity index (χ2v) is 4.76. The molecule has 1 aliphatic carbocycles. The lowest BCUT2D eigenvalue weighted by molar-refractivity contribution is 0.274. The average Bonchev–Trinajstić information content (AvgIpc) is 2.05. The molecule has 1 saturated carbocycles. The molecule has 0 bridgehead atoms. The first-order chi connectivity index (χ1) is 5.22. The van der Waals surface area contributed by atoms with E-state index in [1.165, 1.54) is 32.1 Å². The van der Waals surface area contributed by atoms with Gasteiger partial charge in [0.2, 0.25) is 0 Å². The molecule has 1 aliphatic rings. The number of rotatable bonds is 2. The lowest BCUT2D eigenvalue weighted by Gasteiger charge is -2.28. The predicted octanol–water partition coefficient (Wildman–Crippen LogP) is 4.01. The molecule has 0 aromatic carbocycles. The van der Waals surface area contributed by atoms with Gasteiger partial charge in [-0.25, -0.2) is 0 Å². The summed E-state index contributed by atoms with van der Waals surface area (Å²) in [7, 11) is 0. The molecule has 1 unspecified atom stereocenters. The van der Waals surface area contributed by atoms with Crippen molar-refractivity contribution in [3.8, 4) is 0 Å². The van der Waals surface area contributed by atoms with Gasteiger partial charge >= 0.3 is 0 Å². The van der Waals surface area contributed by atoms with E-state index in [0.717, 1.165) is 5.92 Å². The van der Waals surface area contributed by atoms with Gasteiger partial charge in [0, 0.05) is 0 Å². The zero-order chi connectivity index (χ0) is 8.27. The second-order valence-electron chi connectivity index (χ2n) is 3.59. The largest absolute Gasteiger partial charge is 0.110 e.